The van der Waals surface area contributed by atoms with Crippen molar-refractivity contribution in [1.82, 2.24) is 9.62 Å². The molecule has 45 heavy (non-hydrogen) atoms. The number of ether oxygens (including phenoxy) is 1. The Hall–Kier alpha value is -4.58. The lowest BCUT2D eigenvalue weighted by Crippen LogP contribution is -2.39. The van der Waals surface area contributed by atoms with Crippen LogP contribution in [0.15, 0.2) is 108 Å². The number of para-hydroxylation sites is 1. The molecular weight excluding hydrogens is 595 g/mol. The highest BCUT2D eigenvalue weighted by Crippen LogP contribution is 2.28. The van der Waals surface area contributed by atoms with Crippen molar-refractivity contribution in [2.75, 3.05) is 30.3 Å². The number of carbonyl (C=O) groups is 2. The number of halogens is 1. The SMILES string of the molecule is O=C(CCN1CCC(OC(=O)Nc2ccccc2-c2ccccc2)CC1)Nc1ccc(CNS(=O)(=O)c2ccccc2F)cc1. The standard InChI is InChI=1S/C34H35FN4O5S/c35-30-11-5-7-13-32(30)45(42,43)36-24-25-14-16-27(17-15-25)37-33(40)20-23-39-21-18-28(19-22-39)44-34(41)38-31-12-6-4-10-29(31)26-8-2-1-3-9-26/h1-17,28,36H,18-24H2,(H,37,40)(H,38,41). The molecule has 0 radical (unpaired) electrons. The Morgan fingerprint density at radius 2 is 1.49 bits per heavy atom. The van der Waals surface area contributed by atoms with Crippen LogP contribution in [0.4, 0.5) is 20.6 Å². The van der Waals surface area contributed by atoms with E-state index in [-0.39, 0.29) is 18.6 Å². The lowest BCUT2D eigenvalue weighted by atomic mass is 10.0. The molecule has 3 N–H and O–H groups in total. The summed E-state index contributed by atoms with van der Waals surface area (Å²) in [4.78, 5) is 27.0. The molecule has 0 unspecified atom stereocenters. The molecule has 0 bridgehead atoms. The summed E-state index contributed by atoms with van der Waals surface area (Å²) in [6.45, 7) is 1.98. The van der Waals surface area contributed by atoms with Crippen LogP contribution in [0.25, 0.3) is 11.1 Å². The minimum atomic E-state index is -4.00. The molecule has 1 aliphatic rings. The molecule has 4 aromatic carbocycles. The summed E-state index contributed by atoms with van der Waals surface area (Å²) in [6.07, 6.45) is 0.972. The monoisotopic (exact) mass is 630 g/mol. The van der Waals surface area contributed by atoms with Crippen molar-refractivity contribution in [3.8, 4) is 11.1 Å². The Bertz CT molecular complexity index is 1710. The minimum Gasteiger partial charge on any atom is -0.446 e. The number of amides is 2. The van der Waals surface area contributed by atoms with Crippen LogP contribution < -0.4 is 15.4 Å². The van der Waals surface area contributed by atoms with Gasteiger partial charge in [-0.2, -0.15) is 0 Å². The van der Waals surface area contributed by atoms with Gasteiger partial charge in [0.25, 0.3) is 0 Å². The molecule has 11 heteroatoms. The summed E-state index contributed by atoms with van der Waals surface area (Å²) in [6, 6.07) is 29.4. The zero-order valence-corrected chi connectivity index (χ0v) is 25.4. The zero-order valence-electron chi connectivity index (χ0n) is 24.6. The number of piperidine rings is 1. The summed E-state index contributed by atoms with van der Waals surface area (Å²) < 4.78 is 46.7. The molecule has 9 nitrogen and oxygen atoms in total. The summed E-state index contributed by atoms with van der Waals surface area (Å²) in [5.41, 5.74) is 3.87. The normalized spacial score (nSPS) is 14.1. The molecule has 0 atom stereocenters. The van der Waals surface area contributed by atoms with Crippen LogP contribution in [0.1, 0.15) is 24.8 Å². The van der Waals surface area contributed by atoms with Crippen LogP contribution in [0.3, 0.4) is 0 Å². The van der Waals surface area contributed by atoms with Gasteiger partial charge in [0, 0.05) is 43.9 Å². The average Bonchev–Trinajstić information content (AvgIpc) is 3.05. The van der Waals surface area contributed by atoms with Gasteiger partial charge in [0.2, 0.25) is 15.9 Å². The molecule has 1 saturated heterocycles. The van der Waals surface area contributed by atoms with E-state index in [9.17, 15) is 22.4 Å². The first-order valence-electron chi connectivity index (χ1n) is 14.7. The number of nitrogens with zero attached hydrogens (tertiary/aromatic N) is 1. The summed E-state index contributed by atoms with van der Waals surface area (Å²) in [7, 11) is -4.00. The predicted molar refractivity (Wildman–Crippen MR) is 172 cm³/mol. The zero-order chi connectivity index (χ0) is 31.6. The van der Waals surface area contributed by atoms with Gasteiger partial charge in [0.15, 0.2) is 0 Å². The van der Waals surface area contributed by atoms with Crippen molar-refractivity contribution in [3.63, 3.8) is 0 Å². The maximum absolute atomic E-state index is 13.9. The molecule has 1 heterocycles. The van der Waals surface area contributed by atoms with E-state index in [0.29, 0.717) is 55.8 Å². The van der Waals surface area contributed by atoms with Gasteiger partial charge in [-0.3, -0.25) is 10.1 Å². The molecule has 0 aromatic heterocycles. The van der Waals surface area contributed by atoms with Crippen molar-refractivity contribution < 1.29 is 27.1 Å². The van der Waals surface area contributed by atoms with Gasteiger partial charge in [0.1, 0.15) is 16.8 Å². The van der Waals surface area contributed by atoms with Gasteiger partial charge in [-0.25, -0.2) is 22.3 Å². The summed E-state index contributed by atoms with van der Waals surface area (Å²) >= 11 is 0. The Kier molecular flexibility index (Phi) is 10.6. The first kappa shape index (κ1) is 31.8. The number of hydrogen-bond acceptors (Lipinski definition) is 6. The molecule has 1 aliphatic heterocycles. The lowest BCUT2D eigenvalue weighted by molar-refractivity contribution is -0.116. The molecule has 5 rings (SSSR count). The Labute approximate surface area is 262 Å². The Morgan fingerprint density at radius 1 is 0.822 bits per heavy atom. The molecule has 0 saturated carbocycles. The number of nitrogens with one attached hydrogen (secondary N) is 3. The van der Waals surface area contributed by atoms with Gasteiger partial charge < -0.3 is 15.0 Å². The molecule has 234 valence electrons. The van der Waals surface area contributed by atoms with Crippen LogP contribution in [0.5, 0.6) is 0 Å². The van der Waals surface area contributed by atoms with Crippen LogP contribution in [-0.4, -0.2) is 51.1 Å². The Morgan fingerprint density at radius 3 is 2.22 bits per heavy atom. The van der Waals surface area contributed by atoms with E-state index in [1.807, 2.05) is 54.6 Å². The van der Waals surface area contributed by atoms with Crippen LogP contribution in [0.2, 0.25) is 0 Å². The number of carbonyl (C=O) groups excluding carboxylic acids is 2. The molecular formula is C34H35FN4O5S. The van der Waals surface area contributed by atoms with Crippen molar-refractivity contribution in [1.29, 1.82) is 0 Å². The summed E-state index contributed by atoms with van der Waals surface area (Å²) in [5, 5.41) is 5.74. The number of anilines is 2. The number of likely N-dealkylation sites (tertiary alicyclic amines) is 1. The fourth-order valence-corrected chi connectivity index (χ4v) is 6.21. The lowest BCUT2D eigenvalue weighted by Gasteiger charge is -2.31. The maximum atomic E-state index is 13.9. The molecule has 1 fully saturated rings. The van der Waals surface area contributed by atoms with Crippen LogP contribution >= 0.6 is 0 Å². The van der Waals surface area contributed by atoms with E-state index < -0.39 is 26.8 Å². The van der Waals surface area contributed by atoms with Gasteiger partial charge in [-0.15, -0.1) is 0 Å². The predicted octanol–water partition coefficient (Wildman–Crippen LogP) is 6.01. The second-order valence-electron chi connectivity index (χ2n) is 10.7. The third-order valence-electron chi connectivity index (χ3n) is 7.54. The highest BCUT2D eigenvalue weighted by atomic mass is 32.2. The van der Waals surface area contributed by atoms with E-state index in [0.717, 1.165) is 17.2 Å². The van der Waals surface area contributed by atoms with Crippen molar-refractivity contribution >= 4 is 33.4 Å². The number of sulfonamides is 1. The quantitative estimate of drug-likeness (QED) is 0.187. The van der Waals surface area contributed by atoms with Crippen molar-refractivity contribution in [3.05, 3.63) is 115 Å². The van der Waals surface area contributed by atoms with Crippen LogP contribution in [-0.2, 0) is 26.1 Å². The second kappa shape index (κ2) is 14.9. The van der Waals surface area contributed by atoms with E-state index in [1.165, 1.54) is 18.2 Å². The van der Waals surface area contributed by atoms with Gasteiger partial charge >= 0.3 is 6.09 Å². The second-order valence-corrected chi connectivity index (χ2v) is 12.5. The van der Waals surface area contributed by atoms with Crippen molar-refractivity contribution in [2.45, 2.75) is 36.8 Å². The maximum Gasteiger partial charge on any atom is 0.411 e. The average molecular weight is 631 g/mol. The highest BCUT2D eigenvalue weighted by molar-refractivity contribution is 7.89. The fraction of sp³-hybridized carbons (Fsp3) is 0.235. The molecule has 0 aliphatic carbocycles. The largest absolute Gasteiger partial charge is 0.446 e. The van der Waals surface area contributed by atoms with Gasteiger partial charge in [-0.05, 0) is 54.3 Å². The third kappa shape index (κ3) is 8.98. The highest BCUT2D eigenvalue weighted by Gasteiger charge is 2.23. The van der Waals surface area contributed by atoms with E-state index in [1.54, 1.807) is 24.3 Å². The molecule has 0 spiro atoms. The Balaban J connectivity index is 1.01. The molecule has 4 aromatic rings. The number of benzene rings is 4. The van der Waals surface area contributed by atoms with E-state index in [4.69, 9.17) is 4.74 Å². The van der Waals surface area contributed by atoms with Crippen molar-refractivity contribution in [2.24, 2.45) is 0 Å². The van der Waals surface area contributed by atoms with E-state index >= 15 is 0 Å². The van der Waals surface area contributed by atoms with E-state index in [2.05, 4.69) is 20.3 Å². The summed E-state index contributed by atoms with van der Waals surface area (Å²) in [5.74, 6) is -0.956. The molecule has 2 amide bonds. The smallest absolute Gasteiger partial charge is 0.411 e. The van der Waals surface area contributed by atoms with Gasteiger partial charge in [-0.1, -0.05) is 72.8 Å². The minimum absolute atomic E-state index is 0.0206. The third-order valence-corrected chi connectivity index (χ3v) is 8.98. The first-order valence-corrected chi connectivity index (χ1v) is 16.2. The van der Waals surface area contributed by atoms with Gasteiger partial charge in [0.05, 0.1) is 5.69 Å². The number of hydrogen-bond donors (Lipinski definition) is 3. The fourth-order valence-electron chi connectivity index (χ4n) is 5.11. The topological polar surface area (TPSA) is 117 Å². The first-order chi connectivity index (χ1) is 21.8. The van der Waals surface area contributed by atoms with Crippen LogP contribution in [0, 0.1) is 5.82 Å². The number of rotatable bonds is 11.